The van der Waals surface area contributed by atoms with E-state index >= 15 is 0 Å². The molecule has 212 valence electrons. The lowest BCUT2D eigenvalue weighted by molar-refractivity contribution is 0.112. The van der Waals surface area contributed by atoms with E-state index in [2.05, 4.69) is 9.97 Å². The summed E-state index contributed by atoms with van der Waals surface area (Å²) < 4.78 is 63.4. The molecule has 0 amide bonds. The van der Waals surface area contributed by atoms with Crippen molar-refractivity contribution in [3.8, 4) is 22.6 Å². The number of aldehydes is 1. The molecule has 3 aromatic heterocycles. The van der Waals surface area contributed by atoms with Crippen LogP contribution >= 0.6 is 0 Å². The highest BCUT2D eigenvalue weighted by Gasteiger charge is 2.26. The maximum atomic E-state index is 14.7. The maximum absolute atomic E-state index is 14.7. The largest absolute Gasteiger partial charge is 0.451 e. The molecule has 0 unspecified atom stereocenters. The number of benzene rings is 3. The molecule has 0 fully saturated rings. The number of hydrogen-bond donors (Lipinski definition) is 2. The van der Waals surface area contributed by atoms with Crippen molar-refractivity contribution >= 4 is 38.2 Å². The maximum Gasteiger partial charge on any atom is 0.323 e. The van der Waals surface area contributed by atoms with E-state index in [1.54, 1.807) is 12.1 Å². The van der Waals surface area contributed by atoms with Crippen molar-refractivity contribution in [2.75, 3.05) is 0 Å². The number of aryl methyl sites for hydroxylation is 2. The van der Waals surface area contributed by atoms with Crippen LogP contribution in [0.2, 0.25) is 0 Å². The van der Waals surface area contributed by atoms with Crippen molar-refractivity contribution < 1.29 is 26.7 Å². The zero-order valence-corrected chi connectivity index (χ0v) is 22.8. The lowest BCUT2D eigenvalue weighted by atomic mass is 9.99. The highest BCUT2D eigenvalue weighted by molar-refractivity contribution is 7.90. The number of halogens is 2. The van der Waals surface area contributed by atoms with Gasteiger partial charge in [0.15, 0.2) is 23.6 Å². The van der Waals surface area contributed by atoms with E-state index in [-0.39, 0.29) is 55.0 Å². The topological polar surface area (TPSA) is 136 Å². The lowest BCUT2D eigenvalue weighted by Gasteiger charge is -2.16. The minimum Gasteiger partial charge on any atom is -0.451 e. The number of H-pyrrole nitrogens is 2. The zero-order chi connectivity index (χ0) is 29.9. The van der Waals surface area contributed by atoms with Crippen LogP contribution in [0.15, 0.2) is 81.5 Å². The number of ether oxygens (including phenoxy) is 1. The first-order valence-electron chi connectivity index (χ1n) is 12.4. The van der Waals surface area contributed by atoms with Gasteiger partial charge in [0.1, 0.15) is 16.9 Å². The van der Waals surface area contributed by atoms with E-state index in [0.29, 0.717) is 12.4 Å². The smallest absolute Gasteiger partial charge is 0.323 e. The van der Waals surface area contributed by atoms with Crippen molar-refractivity contribution in [1.29, 1.82) is 0 Å². The van der Waals surface area contributed by atoms with Crippen LogP contribution in [0.3, 0.4) is 0 Å². The van der Waals surface area contributed by atoms with Gasteiger partial charge in [-0.15, -0.1) is 0 Å². The third-order valence-corrected chi connectivity index (χ3v) is 8.57. The van der Waals surface area contributed by atoms with Crippen LogP contribution < -0.4 is 16.0 Å². The summed E-state index contributed by atoms with van der Waals surface area (Å²) in [6.45, 7) is 1.81. The van der Waals surface area contributed by atoms with Gasteiger partial charge >= 0.3 is 5.69 Å². The molecule has 0 saturated carbocycles. The third kappa shape index (κ3) is 4.21. The normalized spacial score (nSPS) is 11.8. The Labute approximate surface area is 235 Å². The number of fused-ring (bicyclic) bond motifs is 2. The molecule has 0 aliphatic heterocycles. The number of nitrogens with zero attached hydrogens (tertiary/aromatic N) is 2. The van der Waals surface area contributed by atoms with E-state index in [9.17, 15) is 31.6 Å². The molecular formula is C29H20F2N4O6S. The first-order valence-corrected chi connectivity index (χ1v) is 13.8. The SMILES string of the molecule is Cc1ccc(S(=O)(=O)n2ccc3c(-c4cc(C=O)c5[nH]c(=O)[nH]c5c4Oc4ccc(F)cc4F)cn(C)c(=O)c32)cc1. The van der Waals surface area contributed by atoms with Crippen LogP contribution in [0.4, 0.5) is 8.78 Å². The molecule has 6 rings (SSSR count). The molecule has 10 nitrogen and oxygen atoms in total. The number of rotatable bonds is 6. The second kappa shape index (κ2) is 9.66. The lowest BCUT2D eigenvalue weighted by Crippen LogP contribution is -2.22. The highest BCUT2D eigenvalue weighted by Crippen LogP contribution is 2.42. The van der Waals surface area contributed by atoms with E-state index in [1.165, 1.54) is 43.7 Å². The van der Waals surface area contributed by atoms with Crippen molar-refractivity contribution in [2.24, 2.45) is 7.05 Å². The summed E-state index contributed by atoms with van der Waals surface area (Å²) in [5.41, 5.74) is -0.218. The van der Waals surface area contributed by atoms with Gasteiger partial charge in [-0.25, -0.2) is 26.0 Å². The Hall–Kier alpha value is -5.30. The molecule has 2 N–H and O–H groups in total. The van der Waals surface area contributed by atoms with E-state index < -0.39 is 32.9 Å². The monoisotopic (exact) mass is 590 g/mol. The summed E-state index contributed by atoms with van der Waals surface area (Å²) in [4.78, 5) is 42.7. The Morgan fingerprint density at radius 2 is 1.64 bits per heavy atom. The van der Waals surface area contributed by atoms with Gasteiger partial charge in [-0.3, -0.25) is 9.59 Å². The summed E-state index contributed by atoms with van der Waals surface area (Å²) in [5.74, 6) is -2.39. The zero-order valence-electron chi connectivity index (χ0n) is 21.9. The number of aromatic nitrogens is 4. The number of hydrogen-bond acceptors (Lipinski definition) is 6. The van der Waals surface area contributed by atoms with Crippen molar-refractivity contribution in [1.82, 2.24) is 18.5 Å². The van der Waals surface area contributed by atoms with Crippen LogP contribution in [-0.2, 0) is 17.1 Å². The first-order chi connectivity index (χ1) is 20.0. The molecule has 6 aromatic rings. The summed E-state index contributed by atoms with van der Waals surface area (Å²) in [6.07, 6.45) is 3.13. The quantitative estimate of drug-likeness (QED) is 0.272. The molecule has 13 heteroatoms. The minimum absolute atomic E-state index is 0.00274. The molecule has 0 atom stereocenters. The predicted molar refractivity (Wildman–Crippen MR) is 151 cm³/mol. The molecule has 0 aliphatic rings. The number of imidazole rings is 1. The average molecular weight is 591 g/mol. The second-order valence-corrected chi connectivity index (χ2v) is 11.4. The summed E-state index contributed by atoms with van der Waals surface area (Å²) in [6, 6.07) is 11.6. The molecule has 42 heavy (non-hydrogen) atoms. The Morgan fingerprint density at radius 1 is 0.929 bits per heavy atom. The Morgan fingerprint density at radius 3 is 2.33 bits per heavy atom. The molecule has 3 aromatic carbocycles. The number of carbonyl (C=O) groups excluding carboxylic acids is 1. The molecule has 0 aliphatic carbocycles. The fourth-order valence-electron chi connectivity index (χ4n) is 4.83. The van der Waals surface area contributed by atoms with E-state index in [1.807, 2.05) is 6.92 Å². The van der Waals surface area contributed by atoms with Crippen molar-refractivity contribution in [3.63, 3.8) is 0 Å². The predicted octanol–water partition coefficient (Wildman–Crippen LogP) is 4.61. The first kappa shape index (κ1) is 26.9. The fourth-order valence-corrected chi connectivity index (χ4v) is 6.18. The van der Waals surface area contributed by atoms with Gasteiger partial charge in [0.05, 0.1) is 10.4 Å². The van der Waals surface area contributed by atoms with Gasteiger partial charge in [0, 0.05) is 47.6 Å². The minimum atomic E-state index is -4.21. The molecule has 0 spiro atoms. The summed E-state index contributed by atoms with van der Waals surface area (Å²) in [7, 11) is -2.80. The van der Waals surface area contributed by atoms with Gasteiger partial charge in [-0.05, 0) is 43.3 Å². The van der Waals surface area contributed by atoms with Crippen LogP contribution in [0.25, 0.3) is 33.1 Å². The molecule has 0 saturated heterocycles. The van der Waals surface area contributed by atoms with Crippen LogP contribution in [0, 0.1) is 18.6 Å². The standard InChI is InChI=1S/C29H20F2N4O6S/c1-15-3-6-18(7-4-15)42(39,40)35-10-9-19-21(13-34(2)28(37)26(19)35)20-11-16(14-36)24-25(33-29(38)32-24)27(20)41-23-8-5-17(30)12-22(23)31/h3-14H,1-2H3,(H2,32,33,38). The molecule has 0 bridgehead atoms. The molecule has 3 heterocycles. The second-order valence-electron chi connectivity index (χ2n) is 9.62. The Bertz CT molecular complexity index is 2300. The Kier molecular flexibility index (Phi) is 6.19. The van der Waals surface area contributed by atoms with Crippen molar-refractivity contribution in [2.45, 2.75) is 11.8 Å². The van der Waals surface area contributed by atoms with Crippen molar-refractivity contribution in [3.05, 3.63) is 111 Å². The van der Waals surface area contributed by atoms with Gasteiger partial charge < -0.3 is 19.3 Å². The molecular weight excluding hydrogens is 570 g/mol. The van der Waals surface area contributed by atoms with Crippen LogP contribution in [0.5, 0.6) is 11.5 Å². The van der Waals surface area contributed by atoms with Crippen LogP contribution in [-0.4, -0.2) is 33.2 Å². The number of nitrogens with one attached hydrogen (secondary N) is 2. The molecule has 0 radical (unpaired) electrons. The van der Waals surface area contributed by atoms with E-state index in [4.69, 9.17) is 4.74 Å². The van der Waals surface area contributed by atoms with Gasteiger partial charge in [0.2, 0.25) is 0 Å². The average Bonchev–Trinajstić information content (AvgIpc) is 3.57. The van der Waals surface area contributed by atoms with Gasteiger partial charge in [-0.2, -0.15) is 0 Å². The summed E-state index contributed by atoms with van der Waals surface area (Å²) in [5, 5.41) is 0.173. The van der Waals surface area contributed by atoms with Gasteiger partial charge in [0.25, 0.3) is 15.6 Å². The van der Waals surface area contributed by atoms with E-state index in [0.717, 1.165) is 26.2 Å². The number of carbonyl (C=O) groups is 1. The highest BCUT2D eigenvalue weighted by atomic mass is 32.2. The fraction of sp³-hybridized carbons (Fsp3) is 0.0690. The third-order valence-electron chi connectivity index (χ3n) is 6.88. The summed E-state index contributed by atoms with van der Waals surface area (Å²) >= 11 is 0. The van der Waals surface area contributed by atoms with Crippen LogP contribution in [0.1, 0.15) is 15.9 Å². The Balaban J connectivity index is 1.68. The van der Waals surface area contributed by atoms with Gasteiger partial charge in [-0.1, -0.05) is 17.7 Å². The number of pyridine rings is 1. The number of aromatic amines is 2.